The van der Waals surface area contributed by atoms with Crippen molar-refractivity contribution in [2.75, 3.05) is 5.32 Å². The van der Waals surface area contributed by atoms with E-state index in [1.807, 2.05) is 18.2 Å². The number of nitrogens with one attached hydrogen (secondary N) is 1. The first-order chi connectivity index (χ1) is 7.44. The average molecular weight is 216 g/mol. The van der Waals surface area contributed by atoms with Gasteiger partial charge < -0.3 is 10.4 Å². The standard InChI is InChI=1S/C13H16N2O/c1-13(2,3)15-12-7-5-9-4-6-10(16)8-11(9)14-12/h4-8,16H,1-3H3,(H,14,15). The number of anilines is 1. The van der Waals surface area contributed by atoms with E-state index in [1.54, 1.807) is 12.1 Å². The van der Waals surface area contributed by atoms with Crippen molar-refractivity contribution in [2.24, 2.45) is 0 Å². The molecule has 3 nitrogen and oxygen atoms in total. The molecule has 2 aromatic rings. The highest BCUT2D eigenvalue weighted by molar-refractivity contribution is 5.81. The van der Waals surface area contributed by atoms with Crippen molar-refractivity contribution in [1.82, 2.24) is 4.98 Å². The minimum atomic E-state index is -0.0164. The third-order valence-corrected chi connectivity index (χ3v) is 2.18. The predicted octanol–water partition coefficient (Wildman–Crippen LogP) is 3.15. The molecule has 0 atom stereocenters. The maximum Gasteiger partial charge on any atom is 0.127 e. The first-order valence-corrected chi connectivity index (χ1v) is 5.32. The molecule has 1 aromatic heterocycles. The van der Waals surface area contributed by atoms with Gasteiger partial charge in [0, 0.05) is 17.0 Å². The lowest BCUT2D eigenvalue weighted by molar-refractivity contribution is 0.476. The molecule has 0 spiro atoms. The smallest absolute Gasteiger partial charge is 0.127 e. The fourth-order valence-corrected chi connectivity index (χ4v) is 1.56. The number of hydrogen-bond acceptors (Lipinski definition) is 3. The van der Waals surface area contributed by atoms with E-state index < -0.39 is 0 Å². The second-order valence-electron chi connectivity index (χ2n) is 4.95. The molecule has 1 aromatic carbocycles. The Balaban J connectivity index is 2.43. The van der Waals surface area contributed by atoms with Gasteiger partial charge in [-0.25, -0.2) is 4.98 Å². The van der Waals surface area contributed by atoms with Crippen LogP contribution in [0.1, 0.15) is 20.8 Å². The molecule has 2 N–H and O–H groups in total. The van der Waals surface area contributed by atoms with Crippen LogP contribution < -0.4 is 5.32 Å². The molecule has 1 heterocycles. The van der Waals surface area contributed by atoms with Crippen molar-refractivity contribution in [1.29, 1.82) is 0 Å². The molecule has 0 amide bonds. The Kier molecular flexibility index (Phi) is 2.46. The summed E-state index contributed by atoms with van der Waals surface area (Å²) in [6.45, 7) is 6.25. The van der Waals surface area contributed by atoms with Gasteiger partial charge in [-0.3, -0.25) is 0 Å². The zero-order valence-electron chi connectivity index (χ0n) is 9.78. The van der Waals surface area contributed by atoms with Crippen LogP contribution in [0.5, 0.6) is 5.75 Å². The summed E-state index contributed by atoms with van der Waals surface area (Å²) in [7, 11) is 0. The number of phenols is 1. The van der Waals surface area contributed by atoms with E-state index in [1.165, 1.54) is 0 Å². The van der Waals surface area contributed by atoms with Gasteiger partial charge in [0.25, 0.3) is 0 Å². The summed E-state index contributed by atoms with van der Waals surface area (Å²) >= 11 is 0. The number of aromatic hydroxyl groups is 1. The van der Waals surface area contributed by atoms with E-state index in [0.29, 0.717) is 0 Å². The minimum Gasteiger partial charge on any atom is -0.508 e. The Morgan fingerprint density at radius 1 is 1.12 bits per heavy atom. The normalized spacial score (nSPS) is 11.7. The summed E-state index contributed by atoms with van der Waals surface area (Å²) in [5.74, 6) is 1.07. The third kappa shape index (κ3) is 2.42. The van der Waals surface area contributed by atoms with Crippen molar-refractivity contribution in [3.8, 4) is 5.75 Å². The van der Waals surface area contributed by atoms with Crippen LogP contribution in [0, 0.1) is 0 Å². The second kappa shape index (κ2) is 3.67. The molecular formula is C13H16N2O. The zero-order valence-corrected chi connectivity index (χ0v) is 9.78. The van der Waals surface area contributed by atoms with Crippen LogP contribution in [0.25, 0.3) is 10.9 Å². The van der Waals surface area contributed by atoms with Crippen LogP contribution in [-0.2, 0) is 0 Å². The fourth-order valence-electron chi connectivity index (χ4n) is 1.56. The van der Waals surface area contributed by atoms with Crippen molar-refractivity contribution < 1.29 is 5.11 Å². The number of phenolic OH excluding ortho intramolecular Hbond substituents is 1. The number of pyridine rings is 1. The monoisotopic (exact) mass is 216 g/mol. The van der Waals surface area contributed by atoms with E-state index >= 15 is 0 Å². The van der Waals surface area contributed by atoms with Crippen molar-refractivity contribution in [3.05, 3.63) is 30.3 Å². The number of hydrogen-bond donors (Lipinski definition) is 2. The number of benzene rings is 1. The highest BCUT2D eigenvalue weighted by atomic mass is 16.3. The number of nitrogens with zero attached hydrogens (tertiary/aromatic N) is 1. The maximum atomic E-state index is 9.39. The summed E-state index contributed by atoms with van der Waals surface area (Å²) in [4.78, 5) is 4.45. The fraction of sp³-hybridized carbons (Fsp3) is 0.308. The van der Waals surface area contributed by atoms with Gasteiger partial charge in [0.1, 0.15) is 11.6 Å². The average Bonchev–Trinajstić information content (AvgIpc) is 2.14. The molecule has 2 rings (SSSR count). The lowest BCUT2D eigenvalue weighted by Gasteiger charge is -2.21. The maximum absolute atomic E-state index is 9.39. The number of fused-ring (bicyclic) bond motifs is 1. The SMILES string of the molecule is CC(C)(C)Nc1ccc2ccc(O)cc2n1. The van der Waals surface area contributed by atoms with Gasteiger partial charge in [0.2, 0.25) is 0 Å². The molecule has 0 radical (unpaired) electrons. The quantitative estimate of drug-likeness (QED) is 0.769. The van der Waals surface area contributed by atoms with Gasteiger partial charge in [-0.15, -0.1) is 0 Å². The second-order valence-corrected chi connectivity index (χ2v) is 4.95. The largest absolute Gasteiger partial charge is 0.508 e. The molecule has 3 heteroatoms. The van der Waals surface area contributed by atoms with Crippen LogP contribution >= 0.6 is 0 Å². The molecule has 0 saturated heterocycles. The highest BCUT2D eigenvalue weighted by Crippen LogP contribution is 2.21. The van der Waals surface area contributed by atoms with E-state index in [2.05, 4.69) is 31.1 Å². The topological polar surface area (TPSA) is 45.1 Å². The molecule has 0 saturated carbocycles. The Hall–Kier alpha value is -1.77. The molecule has 0 fully saturated rings. The predicted molar refractivity (Wildman–Crippen MR) is 66.8 cm³/mol. The molecule has 0 aliphatic rings. The van der Waals surface area contributed by atoms with Crippen molar-refractivity contribution >= 4 is 16.7 Å². The third-order valence-electron chi connectivity index (χ3n) is 2.18. The first kappa shape index (κ1) is 10.7. The molecule has 16 heavy (non-hydrogen) atoms. The van der Waals surface area contributed by atoms with Gasteiger partial charge in [-0.1, -0.05) is 0 Å². The Morgan fingerprint density at radius 3 is 2.50 bits per heavy atom. The first-order valence-electron chi connectivity index (χ1n) is 5.32. The summed E-state index contributed by atoms with van der Waals surface area (Å²) in [5.41, 5.74) is 0.784. The number of rotatable bonds is 1. The van der Waals surface area contributed by atoms with Crippen LogP contribution in [0.15, 0.2) is 30.3 Å². The van der Waals surface area contributed by atoms with Gasteiger partial charge in [0.05, 0.1) is 5.52 Å². The van der Waals surface area contributed by atoms with Crippen molar-refractivity contribution in [3.63, 3.8) is 0 Å². The molecular weight excluding hydrogens is 200 g/mol. The van der Waals surface area contributed by atoms with Crippen molar-refractivity contribution in [2.45, 2.75) is 26.3 Å². The lowest BCUT2D eigenvalue weighted by Crippen LogP contribution is -2.26. The van der Waals surface area contributed by atoms with Gasteiger partial charge in [0.15, 0.2) is 0 Å². The van der Waals surface area contributed by atoms with Gasteiger partial charge in [-0.2, -0.15) is 0 Å². The minimum absolute atomic E-state index is 0.0164. The van der Waals surface area contributed by atoms with Gasteiger partial charge >= 0.3 is 0 Å². The molecule has 0 aliphatic carbocycles. The lowest BCUT2D eigenvalue weighted by atomic mass is 10.1. The summed E-state index contributed by atoms with van der Waals surface area (Å²) in [6.07, 6.45) is 0. The Morgan fingerprint density at radius 2 is 1.81 bits per heavy atom. The summed E-state index contributed by atoms with van der Waals surface area (Å²) < 4.78 is 0. The zero-order chi connectivity index (χ0) is 11.8. The molecule has 0 unspecified atom stereocenters. The van der Waals surface area contributed by atoms with E-state index in [-0.39, 0.29) is 11.3 Å². The molecule has 0 aliphatic heterocycles. The van der Waals surface area contributed by atoms with Crippen LogP contribution in [-0.4, -0.2) is 15.6 Å². The van der Waals surface area contributed by atoms with E-state index in [0.717, 1.165) is 16.7 Å². The molecule has 0 bridgehead atoms. The molecule has 84 valence electrons. The van der Waals surface area contributed by atoms with E-state index in [4.69, 9.17) is 0 Å². The van der Waals surface area contributed by atoms with Crippen LogP contribution in [0.2, 0.25) is 0 Å². The Labute approximate surface area is 95.1 Å². The highest BCUT2D eigenvalue weighted by Gasteiger charge is 2.10. The Bertz CT molecular complexity index is 515. The number of aromatic nitrogens is 1. The van der Waals surface area contributed by atoms with Gasteiger partial charge in [-0.05, 0) is 45.0 Å². The van der Waals surface area contributed by atoms with Crippen LogP contribution in [0.4, 0.5) is 5.82 Å². The summed E-state index contributed by atoms with van der Waals surface area (Å²) in [5, 5.41) is 13.7. The summed E-state index contributed by atoms with van der Waals surface area (Å²) in [6, 6.07) is 9.14. The van der Waals surface area contributed by atoms with E-state index in [9.17, 15) is 5.11 Å². The van der Waals surface area contributed by atoms with Crippen LogP contribution in [0.3, 0.4) is 0 Å².